The van der Waals surface area contributed by atoms with Crippen LogP contribution in [0.5, 0.6) is 0 Å². The van der Waals surface area contributed by atoms with Gasteiger partial charge in [0, 0.05) is 16.3 Å². The Morgan fingerprint density at radius 1 is 1.17 bits per heavy atom. The number of nitrogen functional groups attached to an aromatic ring is 1. The Labute approximate surface area is 150 Å². The van der Waals surface area contributed by atoms with Crippen molar-refractivity contribution in [3.8, 4) is 6.07 Å². The van der Waals surface area contributed by atoms with Crippen molar-refractivity contribution in [1.82, 2.24) is 4.98 Å². The summed E-state index contributed by atoms with van der Waals surface area (Å²) in [7, 11) is 0. The van der Waals surface area contributed by atoms with E-state index >= 15 is 0 Å². The number of nitrogens with two attached hydrogens (primary N) is 1. The number of halogens is 1. The first-order valence-corrected chi connectivity index (χ1v) is 8.53. The zero-order valence-electron chi connectivity index (χ0n) is 13.7. The van der Waals surface area contributed by atoms with Gasteiger partial charge in [-0.3, -0.25) is 4.98 Å². The van der Waals surface area contributed by atoms with Crippen molar-refractivity contribution < 1.29 is 0 Å². The summed E-state index contributed by atoms with van der Waals surface area (Å²) in [5.74, 6) is 0. The number of pyridine rings is 1. The van der Waals surface area contributed by atoms with Gasteiger partial charge in [-0.05, 0) is 48.7 Å². The number of hydrogen-bond donors (Lipinski definition) is 1. The van der Waals surface area contributed by atoms with Crippen LogP contribution in [-0.4, -0.2) is 4.98 Å². The van der Waals surface area contributed by atoms with Gasteiger partial charge in [0.25, 0.3) is 0 Å². The molecule has 0 saturated heterocycles. The predicted molar refractivity (Wildman–Crippen MR) is 102 cm³/mol. The molecule has 1 heterocycles. The molecule has 3 rings (SSSR count). The maximum Gasteiger partial charge on any atom is 0.0766 e. The number of nitrogens with zero attached hydrogens (tertiary/aromatic N) is 2. The number of nitriles is 1. The lowest BCUT2D eigenvalue weighted by molar-refractivity contribution is 0.686. The quantitative estimate of drug-likeness (QED) is 0.698. The third kappa shape index (κ3) is 3.13. The number of aromatic nitrogens is 1. The summed E-state index contributed by atoms with van der Waals surface area (Å²) in [6, 6.07) is 16.5. The Balaban J connectivity index is 2.00. The number of rotatable bonds is 3. The molecule has 0 spiro atoms. The molecule has 0 amide bonds. The van der Waals surface area contributed by atoms with Crippen LogP contribution in [0.25, 0.3) is 10.9 Å². The third-order valence-corrected chi connectivity index (χ3v) is 4.80. The van der Waals surface area contributed by atoms with Crippen molar-refractivity contribution in [3.05, 3.63) is 69.8 Å². The Bertz CT molecular complexity index is 932. The molecule has 4 heteroatoms. The van der Waals surface area contributed by atoms with Crippen molar-refractivity contribution >= 4 is 32.5 Å². The fraction of sp³-hybridized carbons (Fsp3) is 0.200. The molecule has 0 bridgehead atoms. The van der Waals surface area contributed by atoms with Crippen molar-refractivity contribution in [2.24, 2.45) is 0 Å². The maximum absolute atomic E-state index is 9.25. The molecule has 0 aliphatic carbocycles. The summed E-state index contributed by atoms with van der Waals surface area (Å²) in [5, 5.41) is 10.3. The second-order valence-electron chi connectivity index (χ2n) is 6.46. The summed E-state index contributed by atoms with van der Waals surface area (Å²) in [6.45, 7) is 3.85. The van der Waals surface area contributed by atoms with E-state index in [9.17, 15) is 5.26 Å². The number of anilines is 1. The Kier molecular flexibility index (Phi) is 4.29. The minimum absolute atomic E-state index is 0.480. The highest BCUT2D eigenvalue weighted by molar-refractivity contribution is 9.10. The molecule has 0 atom stereocenters. The van der Waals surface area contributed by atoms with Gasteiger partial charge in [0.1, 0.15) is 0 Å². The zero-order chi connectivity index (χ0) is 17.3. The molecule has 120 valence electrons. The molecule has 3 nitrogen and oxygen atoms in total. The molecule has 24 heavy (non-hydrogen) atoms. The molecule has 0 aliphatic heterocycles. The largest absolute Gasteiger partial charge is 0.397 e. The lowest BCUT2D eigenvalue weighted by Gasteiger charge is -2.16. The topological polar surface area (TPSA) is 62.7 Å². The fourth-order valence-electron chi connectivity index (χ4n) is 2.74. The van der Waals surface area contributed by atoms with Crippen LogP contribution in [0.2, 0.25) is 0 Å². The predicted octanol–water partition coefficient (Wildman–Crippen LogP) is 4.97. The lowest BCUT2D eigenvalue weighted by atomic mass is 9.85. The molecular weight excluding hydrogens is 362 g/mol. The molecular formula is C20H18BrN3. The second kappa shape index (κ2) is 6.26. The molecule has 0 aliphatic rings. The fourth-order valence-corrected chi connectivity index (χ4v) is 3.10. The Morgan fingerprint density at radius 2 is 1.88 bits per heavy atom. The molecule has 2 aromatic carbocycles. The highest BCUT2D eigenvalue weighted by Crippen LogP contribution is 2.28. The van der Waals surface area contributed by atoms with Gasteiger partial charge in [-0.2, -0.15) is 5.26 Å². The van der Waals surface area contributed by atoms with Gasteiger partial charge in [-0.1, -0.05) is 40.2 Å². The van der Waals surface area contributed by atoms with Crippen LogP contribution < -0.4 is 5.73 Å². The second-order valence-corrected chi connectivity index (χ2v) is 7.38. The molecule has 2 N–H and O–H groups in total. The first-order chi connectivity index (χ1) is 11.4. The minimum Gasteiger partial charge on any atom is -0.397 e. The monoisotopic (exact) mass is 379 g/mol. The first-order valence-electron chi connectivity index (χ1n) is 7.74. The average molecular weight is 380 g/mol. The minimum atomic E-state index is -0.480. The van der Waals surface area contributed by atoms with Crippen LogP contribution >= 0.6 is 15.9 Å². The summed E-state index contributed by atoms with van der Waals surface area (Å²) < 4.78 is 1.01. The average Bonchev–Trinajstić information content (AvgIpc) is 2.58. The van der Waals surface area contributed by atoms with Gasteiger partial charge in [0.15, 0.2) is 0 Å². The smallest absolute Gasteiger partial charge is 0.0766 e. The Hall–Kier alpha value is -2.38. The van der Waals surface area contributed by atoms with Crippen LogP contribution in [-0.2, 0) is 11.8 Å². The number of benzene rings is 2. The van der Waals surface area contributed by atoms with E-state index in [1.165, 1.54) is 0 Å². The van der Waals surface area contributed by atoms with Crippen molar-refractivity contribution in [2.45, 2.75) is 25.7 Å². The zero-order valence-corrected chi connectivity index (χ0v) is 15.3. The lowest BCUT2D eigenvalue weighted by Crippen LogP contribution is -2.13. The summed E-state index contributed by atoms with van der Waals surface area (Å²) in [4.78, 5) is 4.40. The van der Waals surface area contributed by atoms with Crippen LogP contribution in [0.15, 0.2) is 53.1 Å². The normalized spacial score (nSPS) is 11.4. The van der Waals surface area contributed by atoms with Crippen LogP contribution in [0.3, 0.4) is 0 Å². The molecule has 1 aromatic heterocycles. The molecule has 0 saturated carbocycles. The summed E-state index contributed by atoms with van der Waals surface area (Å²) >= 11 is 3.52. The third-order valence-electron chi connectivity index (χ3n) is 4.31. The highest BCUT2D eigenvalue weighted by Gasteiger charge is 2.19. The maximum atomic E-state index is 9.25. The van der Waals surface area contributed by atoms with E-state index in [2.05, 4.69) is 45.2 Å². The number of fused-ring (bicyclic) bond motifs is 1. The van der Waals surface area contributed by atoms with Gasteiger partial charge in [0.05, 0.1) is 28.9 Å². The van der Waals surface area contributed by atoms with Gasteiger partial charge in [-0.15, -0.1) is 0 Å². The van der Waals surface area contributed by atoms with Crippen molar-refractivity contribution in [1.29, 1.82) is 5.26 Å². The SMILES string of the molecule is CC(C)(C#N)c1ccc(Cc2c(N)cnc3ccc(Br)cc23)cc1. The molecule has 0 fully saturated rings. The van der Waals surface area contributed by atoms with Crippen LogP contribution in [0.4, 0.5) is 5.69 Å². The van der Waals surface area contributed by atoms with E-state index in [4.69, 9.17) is 5.73 Å². The van der Waals surface area contributed by atoms with E-state index in [-0.39, 0.29) is 0 Å². The van der Waals surface area contributed by atoms with Crippen molar-refractivity contribution in [3.63, 3.8) is 0 Å². The van der Waals surface area contributed by atoms with E-state index in [1.807, 2.05) is 38.1 Å². The summed E-state index contributed by atoms with van der Waals surface area (Å²) in [6.07, 6.45) is 2.45. The van der Waals surface area contributed by atoms with E-state index in [0.717, 1.165) is 38.5 Å². The highest BCUT2D eigenvalue weighted by atomic mass is 79.9. The van der Waals surface area contributed by atoms with E-state index in [1.54, 1.807) is 6.20 Å². The van der Waals surface area contributed by atoms with Gasteiger partial charge in [0.2, 0.25) is 0 Å². The van der Waals surface area contributed by atoms with E-state index in [0.29, 0.717) is 5.69 Å². The van der Waals surface area contributed by atoms with E-state index < -0.39 is 5.41 Å². The van der Waals surface area contributed by atoms with Gasteiger partial charge < -0.3 is 5.73 Å². The Morgan fingerprint density at radius 3 is 2.54 bits per heavy atom. The molecule has 3 aromatic rings. The molecule has 0 unspecified atom stereocenters. The summed E-state index contributed by atoms with van der Waals surface area (Å²) in [5.41, 5.74) is 10.6. The molecule has 0 radical (unpaired) electrons. The van der Waals surface area contributed by atoms with Gasteiger partial charge >= 0.3 is 0 Å². The number of hydrogen-bond acceptors (Lipinski definition) is 3. The van der Waals surface area contributed by atoms with Crippen molar-refractivity contribution in [2.75, 3.05) is 5.73 Å². The van der Waals surface area contributed by atoms with Crippen LogP contribution in [0, 0.1) is 11.3 Å². The first kappa shape index (κ1) is 16.5. The van der Waals surface area contributed by atoms with Gasteiger partial charge in [-0.25, -0.2) is 0 Å². The standard InChI is InChI=1S/C20H18BrN3/c1-20(2,12-22)14-5-3-13(4-6-14)9-16-17-10-15(21)7-8-19(17)24-11-18(16)23/h3-8,10-11H,9,23H2,1-2H3. The van der Waals surface area contributed by atoms with Crippen LogP contribution in [0.1, 0.15) is 30.5 Å².